The Morgan fingerprint density at radius 1 is 1.04 bits per heavy atom. The first-order valence-electron chi connectivity index (χ1n) is 8.49. The van der Waals surface area contributed by atoms with Gasteiger partial charge in [-0.25, -0.2) is 0 Å². The molecule has 0 bridgehead atoms. The van der Waals surface area contributed by atoms with E-state index in [1.165, 1.54) is 0 Å². The normalized spacial score (nSPS) is 15.6. The highest BCUT2D eigenvalue weighted by Gasteiger charge is 2.24. The standard InChI is InChI=1S/C19H23N3O2/c1-14(2)18(23)21-9-4-10-22(12-11-21)19(24)16-7-6-15-5-3-8-20-17(15)13-16/h3,5-8,13-14H,4,9-12H2,1-2H3. The van der Waals surface area contributed by atoms with Crippen LogP contribution in [0.2, 0.25) is 0 Å². The average Bonchev–Trinajstić information content (AvgIpc) is 2.86. The number of fused-ring (bicyclic) bond motifs is 1. The molecule has 2 aromatic rings. The molecule has 126 valence electrons. The number of hydrogen-bond acceptors (Lipinski definition) is 3. The van der Waals surface area contributed by atoms with E-state index in [2.05, 4.69) is 4.98 Å². The number of nitrogens with zero attached hydrogens (tertiary/aromatic N) is 3. The molecule has 5 nitrogen and oxygen atoms in total. The zero-order valence-electron chi connectivity index (χ0n) is 14.2. The van der Waals surface area contributed by atoms with Crippen LogP contribution in [0.3, 0.4) is 0 Å². The van der Waals surface area contributed by atoms with Gasteiger partial charge in [0.2, 0.25) is 5.91 Å². The van der Waals surface area contributed by atoms with Crippen molar-refractivity contribution in [2.45, 2.75) is 20.3 Å². The number of carbonyl (C=O) groups is 2. The summed E-state index contributed by atoms with van der Waals surface area (Å²) in [6, 6.07) is 9.51. The van der Waals surface area contributed by atoms with Crippen LogP contribution in [0.15, 0.2) is 36.5 Å². The smallest absolute Gasteiger partial charge is 0.253 e. The lowest BCUT2D eigenvalue weighted by atomic mass is 10.1. The minimum Gasteiger partial charge on any atom is -0.341 e. The minimum absolute atomic E-state index is 0.00110. The molecule has 0 radical (unpaired) electrons. The Balaban J connectivity index is 1.73. The first kappa shape index (κ1) is 16.4. The van der Waals surface area contributed by atoms with Crippen LogP contribution in [0.25, 0.3) is 10.9 Å². The SMILES string of the molecule is CC(C)C(=O)N1CCCN(C(=O)c2ccc3cccnc3c2)CC1. The van der Waals surface area contributed by atoms with Gasteiger partial charge in [0.1, 0.15) is 0 Å². The second-order valence-electron chi connectivity index (χ2n) is 6.54. The predicted octanol–water partition coefficient (Wildman–Crippen LogP) is 2.57. The van der Waals surface area contributed by atoms with Gasteiger partial charge >= 0.3 is 0 Å². The quantitative estimate of drug-likeness (QED) is 0.853. The van der Waals surface area contributed by atoms with Crippen LogP contribution in [0, 0.1) is 5.92 Å². The van der Waals surface area contributed by atoms with E-state index in [9.17, 15) is 9.59 Å². The molecule has 5 heteroatoms. The van der Waals surface area contributed by atoms with Gasteiger partial charge < -0.3 is 9.80 Å². The fourth-order valence-corrected chi connectivity index (χ4v) is 3.09. The third-order valence-electron chi connectivity index (χ3n) is 4.44. The number of amides is 2. The molecule has 1 aliphatic heterocycles. The van der Waals surface area contributed by atoms with E-state index < -0.39 is 0 Å². The van der Waals surface area contributed by atoms with E-state index in [0.29, 0.717) is 25.2 Å². The van der Waals surface area contributed by atoms with Crippen LogP contribution in [0.5, 0.6) is 0 Å². The molecule has 0 saturated carbocycles. The van der Waals surface area contributed by atoms with E-state index in [-0.39, 0.29) is 17.7 Å². The van der Waals surface area contributed by atoms with Gasteiger partial charge in [-0.2, -0.15) is 0 Å². The van der Waals surface area contributed by atoms with Crippen LogP contribution in [-0.4, -0.2) is 52.8 Å². The van der Waals surface area contributed by atoms with Crippen LogP contribution >= 0.6 is 0 Å². The molecule has 1 aromatic heterocycles. The van der Waals surface area contributed by atoms with E-state index in [4.69, 9.17) is 0 Å². The molecular formula is C19H23N3O2. The Kier molecular flexibility index (Phi) is 4.79. The zero-order valence-corrected chi connectivity index (χ0v) is 14.2. The monoisotopic (exact) mass is 325 g/mol. The topological polar surface area (TPSA) is 53.5 Å². The highest BCUT2D eigenvalue weighted by atomic mass is 16.2. The molecule has 1 saturated heterocycles. The summed E-state index contributed by atoms with van der Waals surface area (Å²) in [5, 5.41) is 1.03. The number of pyridine rings is 1. The van der Waals surface area contributed by atoms with Crippen molar-refractivity contribution in [3.05, 3.63) is 42.1 Å². The van der Waals surface area contributed by atoms with Crippen molar-refractivity contribution in [3.8, 4) is 0 Å². The maximum atomic E-state index is 12.8. The molecule has 0 N–H and O–H groups in total. The summed E-state index contributed by atoms with van der Waals surface area (Å²) in [5.41, 5.74) is 1.49. The second-order valence-corrected chi connectivity index (χ2v) is 6.54. The highest BCUT2D eigenvalue weighted by Crippen LogP contribution is 2.16. The molecule has 0 aliphatic carbocycles. The number of benzene rings is 1. The van der Waals surface area contributed by atoms with Crippen molar-refractivity contribution in [2.24, 2.45) is 5.92 Å². The van der Waals surface area contributed by atoms with Gasteiger partial charge in [0.05, 0.1) is 5.52 Å². The number of carbonyl (C=O) groups excluding carboxylic acids is 2. The molecule has 24 heavy (non-hydrogen) atoms. The molecule has 2 amide bonds. The maximum absolute atomic E-state index is 12.8. The molecule has 1 fully saturated rings. The van der Waals surface area contributed by atoms with E-state index in [1.54, 1.807) is 6.20 Å². The summed E-state index contributed by atoms with van der Waals surface area (Å²) < 4.78 is 0. The summed E-state index contributed by atoms with van der Waals surface area (Å²) in [6.45, 7) is 6.42. The average molecular weight is 325 g/mol. The summed E-state index contributed by atoms with van der Waals surface area (Å²) >= 11 is 0. The molecule has 2 heterocycles. The second kappa shape index (κ2) is 6.99. The number of hydrogen-bond donors (Lipinski definition) is 0. The van der Waals surface area contributed by atoms with Crippen molar-refractivity contribution in [1.82, 2.24) is 14.8 Å². The minimum atomic E-state index is -0.00110. The lowest BCUT2D eigenvalue weighted by molar-refractivity contribution is -0.134. The Bertz CT molecular complexity index is 757. The number of rotatable bonds is 2. The summed E-state index contributed by atoms with van der Waals surface area (Å²) in [6.07, 6.45) is 2.55. The zero-order chi connectivity index (χ0) is 17.1. The van der Waals surface area contributed by atoms with Crippen molar-refractivity contribution in [1.29, 1.82) is 0 Å². The van der Waals surface area contributed by atoms with Crippen LogP contribution in [0.1, 0.15) is 30.6 Å². The van der Waals surface area contributed by atoms with Crippen molar-refractivity contribution in [2.75, 3.05) is 26.2 Å². The van der Waals surface area contributed by atoms with Crippen LogP contribution < -0.4 is 0 Å². The fraction of sp³-hybridized carbons (Fsp3) is 0.421. The summed E-state index contributed by atoms with van der Waals surface area (Å²) in [4.78, 5) is 33.0. The predicted molar refractivity (Wildman–Crippen MR) is 93.7 cm³/mol. The molecule has 0 unspecified atom stereocenters. The first-order chi connectivity index (χ1) is 11.6. The van der Waals surface area contributed by atoms with Gasteiger partial charge in [-0.1, -0.05) is 26.0 Å². The summed E-state index contributed by atoms with van der Waals surface area (Å²) in [5.74, 6) is 0.180. The van der Waals surface area contributed by atoms with E-state index in [1.807, 2.05) is 54.0 Å². The molecule has 3 rings (SSSR count). The molecule has 0 spiro atoms. The van der Waals surface area contributed by atoms with Crippen molar-refractivity contribution in [3.63, 3.8) is 0 Å². The Labute approximate surface area is 142 Å². The third-order valence-corrected chi connectivity index (χ3v) is 4.44. The third kappa shape index (κ3) is 3.40. The van der Waals surface area contributed by atoms with Gasteiger partial charge in [0, 0.05) is 49.2 Å². The Morgan fingerprint density at radius 3 is 2.58 bits per heavy atom. The van der Waals surface area contributed by atoms with Gasteiger partial charge in [-0.3, -0.25) is 14.6 Å². The van der Waals surface area contributed by atoms with E-state index in [0.717, 1.165) is 23.9 Å². The Morgan fingerprint density at radius 2 is 1.79 bits per heavy atom. The lowest BCUT2D eigenvalue weighted by Crippen LogP contribution is -2.38. The summed E-state index contributed by atoms with van der Waals surface area (Å²) in [7, 11) is 0. The van der Waals surface area contributed by atoms with Crippen LogP contribution in [0.4, 0.5) is 0 Å². The maximum Gasteiger partial charge on any atom is 0.253 e. The largest absolute Gasteiger partial charge is 0.341 e. The van der Waals surface area contributed by atoms with Gasteiger partial charge in [0.25, 0.3) is 5.91 Å². The Hall–Kier alpha value is -2.43. The molecule has 0 atom stereocenters. The fourth-order valence-electron chi connectivity index (χ4n) is 3.09. The van der Waals surface area contributed by atoms with Gasteiger partial charge in [-0.05, 0) is 24.6 Å². The molecular weight excluding hydrogens is 302 g/mol. The molecule has 1 aromatic carbocycles. The first-order valence-corrected chi connectivity index (χ1v) is 8.49. The van der Waals surface area contributed by atoms with Gasteiger partial charge in [0.15, 0.2) is 0 Å². The lowest BCUT2D eigenvalue weighted by Gasteiger charge is -2.23. The van der Waals surface area contributed by atoms with Crippen molar-refractivity contribution < 1.29 is 9.59 Å². The van der Waals surface area contributed by atoms with E-state index >= 15 is 0 Å². The van der Waals surface area contributed by atoms with Crippen molar-refractivity contribution >= 4 is 22.7 Å². The number of aromatic nitrogens is 1. The van der Waals surface area contributed by atoms with Gasteiger partial charge in [-0.15, -0.1) is 0 Å². The van der Waals surface area contributed by atoms with Crippen LogP contribution in [-0.2, 0) is 4.79 Å². The highest BCUT2D eigenvalue weighted by molar-refractivity contribution is 5.97. The molecule has 1 aliphatic rings.